The molecule has 0 spiro atoms. The molecule has 0 fully saturated rings. The molecule has 0 aliphatic carbocycles. The van der Waals surface area contributed by atoms with Crippen LogP contribution in [0.3, 0.4) is 0 Å². The number of nitrogens with one attached hydrogen (secondary N) is 1. The molecule has 0 aliphatic rings. The quantitative estimate of drug-likeness (QED) is 0.722. The minimum absolute atomic E-state index is 0.381. The average molecular weight is 237 g/mol. The van der Waals surface area contributed by atoms with Gasteiger partial charge >= 0.3 is 0 Å². The molecule has 98 valence electrons. The smallest absolute Gasteiger partial charge is 0.123 e. The molecule has 0 aromatic carbocycles. The Morgan fingerprint density at radius 3 is 2.59 bits per heavy atom. The zero-order valence-corrected chi connectivity index (χ0v) is 11.8. The van der Waals surface area contributed by atoms with Crippen molar-refractivity contribution in [2.45, 2.75) is 59.4 Å². The minimum atomic E-state index is 0.381. The number of aryl methyl sites for hydroxylation is 1. The summed E-state index contributed by atoms with van der Waals surface area (Å²) in [6.07, 6.45) is 6.69. The Labute approximate surface area is 106 Å². The van der Waals surface area contributed by atoms with Gasteiger partial charge in [0.05, 0.1) is 12.3 Å². The first-order chi connectivity index (χ1) is 8.19. The minimum Gasteiger partial charge on any atom is -0.467 e. The molecule has 17 heavy (non-hydrogen) atoms. The topological polar surface area (TPSA) is 25.2 Å². The summed E-state index contributed by atoms with van der Waals surface area (Å²) in [5.74, 6) is 1.88. The molecular weight excluding hydrogens is 210 g/mol. The summed E-state index contributed by atoms with van der Waals surface area (Å²) in [7, 11) is 0. The van der Waals surface area contributed by atoms with E-state index in [9.17, 15) is 0 Å². The van der Waals surface area contributed by atoms with Crippen molar-refractivity contribution in [3.05, 3.63) is 23.7 Å². The molecule has 1 aromatic rings. The second-order valence-corrected chi connectivity index (χ2v) is 5.10. The van der Waals surface area contributed by atoms with Crippen LogP contribution in [0.25, 0.3) is 0 Å². The summed E-state index contributed by atoms with van der Waals surface area (Å²) < 4.78 is 5.64. The van der Waals surface area contributed by atoms with E-state index in [4.69, 9.17) is 4.42 Å². The van der Waals surface area contributed by atoms with Gasteiger partial charge in [0.1, 0.15) is 5.76 Å². The molecule has 0 bridgehead atoms. The van der Waals surface area contributed by atoms with Gasteiger partial charge in [0.25, 0.3) is 0 Å². The molecule has 1 heterocycles. The summed E-state index contributed by atoms with van der Waals surface area (Å²) >= 11 is 0. The first-order valence-corrected chi connectivity index (χ1v) is 6.96. The van der Waals surface area contributed by atoms with Crippen molar-refractivity contribution in [2.24, 2.45) is 5.92 Å². The van der Waals surface area contributed by atoms with Gasteiger partial charge in [-0.25, -0.2) is 0 Å². The highest BCUT2D eigenvalue weighted by Gasteiger charge is 2.18. The molecule has 0 amide bonds. The summed E-state index contributed by atoms with van der Waals surface area (Å²) in [4.78, 5) is 0. The number of hydrogen-bond acceptors (Lipinski definition) is 2. The van der Waals surface area contributed by atoms with Crippen LogP contribution in [0.1, 0.15) is 63.8 Å². The lowest BCUT2D eigenvalue weighted by Crippen LogP contribution is -2.24. The first-order valence-electron chi connectivity index (χ1n) is 6.96. The second-order valence-electron chi connectivity index (χ2n) is 5.10. The van der Waals surface area contributed by atoms with Crippen molar-refractivity contribution in [1.82, 2.24) is 5.32 Å². The summed E-state index contributed by atoms with van der Waals surface area (Å²) in [5, 5.41) is 3.61. The van der Waals surface area contributed by atoms with E-state index in [1.165, 1.54) is 31.2 Å². The predicted octanol–water partition coefficient (Wildman–Crippen LogP) is 4.46. The van der Waals surface area contributed by atoms with E-state index in [-0.39, 0.29) is 0 Å². The fourth-order valence-electron chi connectivity index (χ4n) is 2.36. The van der Waals surface area contributed by atoms with Crippen molar-refractivity contribution < 1.29 is 4.42 Å². The van der Waals surface area contributed by atoms with Gasteiger partial charge in [-0.2, -0.15) is 0 Å². The van der Waals surface area contributed by atoms with E-state index in [1.807, 2.05) is 0 Å². The van der Waals surface area contributed by atoms with Gasteiger partial charge in [-0.05, 0) is 43.9 Å². The molecule has 0 radical (unpaired) electrons. The lowest BCUT2D eigenvalue weighted by atomic mass is 9.95. The number of rotatable bonds is 8. The molecule has 2 atom stereocenters. The Hall–Kier alpha value is -0.760. The summed E-state index contributed by atoms with van der Waals surface area (Å²) in [6, 6.07) is 2.44. The fraction of sp³-hybridized carbons (Fsp3) is 0.733. The molecule has 2 unspecified atom stereocenters. The highest BCUT2D eigenvalue weighted by Crippen LogP contribution is 2.26. The Bertz CT molecular complexity index is 306. The van der Waals surface area contributed by atoms with Gasteiger partial charge in [0.2, 0.25) is 0 Å². The van der Waals surface area contributed by atoms with Crippen LogP contribution in [0.2, 0.25) is 0 Å². The molecule has 1 aromatic heterocycles. The largest absolute Gasteiger partial charge is 0.467 e. The monoisotopic (exact) mass is 237 g/mol. The summed E-state index contributed by atoms with van der Waals surface area (Å²) in [6.45, 7) is 9.98. The van der Waals surface area contributed by atoms with Gasteiger partial charge < -0.3 is 9.73 Å². The Balaban J connectivity index is 2.63. The van der Waals surface area contributed by atoms with Gasteiger partial charge in [0, 0.05) is 0 Å². The van der Waals surface area contributed by atoms with Crippen LogP contribution < -0.4 is 5.32 Å². The zero-order valence-electron chi connectivity index (χ0n) is 11.8. The van der Waals surface area contributed by atoms with Crippen LogP contribution in [0.15, 0.2) is 16.7 Å². The Morgan fingerprint density at radius 1 is 1.29 bits per heavy atom. The van der Waals surface area contributed by atoms with Crippen LogP contribution in [-0.2, 0) is 0 Å². The standard InChI is InChI=1S/C15H27NO/c1-5-7-12(3)11-14(16-9-6-2)15-13(4)8-10-17-15/h8,10,12,14,16H,5-7,9,11H2,1-4H3. The van der Waals surface area contributed by atoms with Crippen LogP contribution in [0.4, 0.5) is 0 Å². The molecule has 0 aliphatic heterocycles. The number of furan rings is 1. The van der Waals surface area contributed by atoms with Crippen LogP contribution >= 0.6 is 0 Å². The van der Waals surface area contributed by atoms with E-state index in [1.54, 1.807) is 6.26 Å². The maximum Gasteiger partial charge on any atom is 0.123 e. The van der Waals surface area contributed by atoms with Crippen molar-refractivity contribution >= 4 is 0 Å². The molecule has 0 saturated heterocycles. The van der Waals surface area contributed by atoms with Gasteiger partial charge in [-0.1, -0.05) is 33.6 Å². The van der Waals surface area contributed by atoms with Crippen molar-refractivity contribution in [3.63, 3.8) is 0 Å². The normalized spacial score (nSPS) is 14.8. The van der Waals surface area contributed by atoms with Gasteiger partial charge in [-0.3, -0.25) is 0 Å². The summed E-state index contributed by atoms with van der Waals surface area (Å²) in [5.41, 5.74) is 1.27. The second kappa shape index (κ2) is 7.54. The lowest BCUT2D eigenvalue weighted by molar-refractivity contribution is 0.339. The van der Waals surface area contributed by atoms with Crippen LogP contribution in [-0.4, -0.2) is 6.54 Å². The van der Waals surface area contributed by atoms with E-state index >= 15 is 0 Å². The Kier molecular flexibility index (Phi) is 6.35. The van der Waals surface area contributed by atoms with Gasteiger partial charge in [-0.15, -0.1) is 0 Å². The highest BCUT2D eigenvalue weighted by atomic mass is 16.3. The van der Waals surface area contributed by atoms with Crippen molar-refractivity contribution in [1.29, 1.82) is 0 Å². The van der Waals surface area contributed by atoms with E-state index in [0.717, 1.165) is 18.2 Å². The predicted molar refractivity (Wildman–Crippen MR) is 73.2 cm³/mol. The molecule has 0 saturated carbocycles. The van der Waals surface area contributed by atoms with E-state index in [0.29, 0.717) is 6.04 Å². The fourth-order valence-corrected chi connectivity index (χ4v) is 2.36. The molecule has 2 heteroatoms. The van der Waals surface area contributed by atoms with Crippen LogP contribution in [0.5, 0.6) is 0 Å². The third kappa shape index (κ3) is 4.55. The van der Waals surface area contributed by atoms with Gasteiger partial charge in [0.15, 0.2) is 0 Å². The highest BCUT2D eigenvalue weighted by molar-refractivity contribution is 5.18. The van der Waals surface area contributed by atoms with E-state index in [2.05, 4.69) is 39.1 Å². The van der Waals surface area contributed by atoms with Crippen LogP contribution in [0, 0.1) is 12.8 Å². The molecular formula is C15H27NO. The third-order valence-electron chi connectivity index (χ3n) is 3.28. The maximum absolute atomic E-state index is 5.64. The average Bonchev–Trinajstić information content (AvgIpc) is 2.71. The third-order valence-corrected chi connectivity index (χ3v) is 3.28. The first kappa shape index (κ1) is 14.3. The Morgan fingerprint density at radius 2 is 2.06 bits per heavy atom. The zero-order chi connectivity index (χ0) is 12.7. The maximum atomic E-state index is 5.64. The SMILES string of the molecule is CCCNC(CC(C)CCC)c1occc1C. The van der Waals surface area contributed by atoms with Crippen molar-refractivity contribution in [3.8, 4) is 0 Å². The van der Waals surface area contributed by atoms with E-state index < -0.39 is 0 Å². The molecule has 1 N–H and O–H groups in total. The molecule has 1 rings (SSSR count). The molecule has 2 nitrogen and oxygen atoms in total. The number of hydrogen-bond donors (Lipinski definition) is 1. The van der Waals surface area contributed by atoms with Crippen molar-refractivity contribution in [2.75, 3.05) is 6.54 Å². The lowest BCUT2D eigenvalue weighted by Gasteiger charge is -2.21.